The van der Waals surface area contributed by atoms with Gasteiger partial charge in [0.1, 0.15) is 6.73 Å². The second-order valence-corrected chi connectivity index (χ2v) is 7.03. The molecular formula is C16H13I2NO. The van der Waals surface area contributed by atoms with Crippen LogP contribution in [0.15, 0.2) is 49.1 Å². The van der Waals surface area contributed by atoms with Crippen molar-refractivity contribution in [3.63, 3.8) is 0 Å². The lowest BCUT2D eigenvalue weighted by Gasteiger charge is -2.07. The van der Waals surface area contributed by atoms with Crippen molar-refractivity contribution in [2.75, 3.05) is 6.61 Å². The van der Waals surface area contributed by atoms with Crippen LogP contribution < -0.4 is 0 Å². The highest BCUT2D eigenvalue weighted by molar-refractivity contribution is 14.1. The standard InChI is InChI=1S/C16H13I2NO/c1-2-7-20-10-19-15-5-3-11(17)8-13(15)14-9-12(18)4-6-16(14)19/h2-6,8-9H,1,7,10H2. The summed E-state index contributed by atoms with van der Waals surface area (Å²) in [4.78, 5) is 0. The van der Waals surface area contributed by atoms with E-state index in [1.165, 1.54) is 28.9 Å². The first-order valence-corrected chi connectivity index (χ1v) is 8.42. The molecule has 20 heavy (non-hydrogen) atoms. The van der Waals surface area contributed by atoms with Crippen LogP contribution in [0.4, 0.5) is 0 Å². The first kappa shape index (κ1) is 14.3. The molecule has 1 aromatic heterocycles. The molecule has 0 spiro atoms. The molecule has 3 aromatic rings. The summed E-state index contributed by atoms with van der Waals surface area (Å²) in [6.45, 7) is 4.81. The average molecular weight is 489 g/mol. The Hall–Kier alpha value is -0.600. The Morgan fingerprint density at radius 3 is 2.05 bits per heavy atom. The maximum Gasteiger partial charge on any atom is 0.123 e. The van der Waals surface area contributed by atoms with Crippen molar-refractivity contribution in [2.24, 2.45) is 0 Å². The van der Waals surface area contributed by atoms with Crippen LogP contribution in [-0.2, 0) is 11.5 Å². The second-order valence-electron chi connectivity index (χ2n) is 4.54. The Bertz CT molecular complexity index is 733. The minimum absolute atomic E-state index is 0.549. The Balaban J connectivity index is 2.26. The fraction of sp³-hybridized carbons (Fsp3) is 0.125. The minimum atomic E-state index is 0.549. The summed E-state index contributed by atoms with van der Waals surface area (Å²) in [6, 6.07) is 13.1. The average Bonchev–Trinajstić information content (AvgIpc) is 2.72. The molecule has 0 N–H and O–H groups in total. The third-order valence-electron chi connectivity index (χ3n) is 3.25. The molecule has 1 heterocycles. The number of ether oxygens (including phenoxy) is 1. The molecule has 0 aliphatic carbocycles. The van der Waals surface area contributed by atoms with Crippen LogP contribution in [0, 0.1) is 7.14 Å². The summed E-state index contributed by atoms with van der Waals surface area (Å²) < 4.78 is 10.4. The maximum atomic E-state index is 5.65. The Labute approximate surface area is 145 Å². The van der Waals surface area contributed by atoms with Crippen molar-refractivity contribution >= 4 is 67.0 Å². The predicted molar refractivity (Wildman–Crippen MR) is 101 cm³/mol. The highest BCUT2D eigenvalue weighted by atomic mass is 127. The van der Waals surface area contributed by atoms with Crippen molar-refractivity contribution in [3.05, 3.63) is 56.2 Å². The maximum absolute atomic E-state index is 5.65. The lowest BCUT2D eigenvalue weighted by molar-refractivity contribution is 0.106. The molecule has 0 saturated heterocycles. The molecule has 0 radical (unpaired) electrons. The number of benzene rings is 2. The molecule has 4 heteroatoms. The smallest absolute Gasteiger partial charge is 0.123 e. The van der Waals surface area contributed by atoms with E-state index in [0.29, 0.717) is 13.3 Å². The van der Waals surface area contributed by atoms with Crippen LogP contribution in [0.2, 0.25) is 0 Å². The molecule has 0 fully saturated rings. The van der Waals surface area contributed by atoms with E-state index in [2.05, 4.69) is 92.7 Å². The summed E-state index contributed by atoms with van der Waals surface area (Å²) in [5.74, 6) is 0. The zero-order chi connectivity index (χ0) is 14.1. The first-order valence-electron chi connectivity index (χ1n) is 6.26. The molecule has 0 aliphatic rings. The van der Waals surface area contributed by atoms with E-state index in [-0.39, 0.29) is 0 Å². The van der Waals surface area contributed by atoms with Gasteiger partial charge in [0.25, 0.3) is 0 Å². The second kappa shape index (κ2) is 6.03. The fourth-order valence-corrected chi connectivity index (χ4v) is 3.40. The third-order valence-corrected chi connectivity index (χ3v) is 4.59. The van der Waals surface area contributed by atoms with Crippen molar-refractivity contribution in [1.29, 1.82) is 0 Å². The minimum Gasteiger partial charge on any atom is -0.357 e. The van der Waals surface area contributed by atoms with Gasteiger partial charge in [0.15, 0.2) is 0 Å². The number of aromatic nitrogens is 1. The van der Waals surface area contributed by atoms with Gasteiger partial charge in [-0.2, -0.15) is 0 Å². The van der Waals surface area contributed by atoms with Crippen LogP contribution in [0.3, 0.4) is 0 Å². The Morgan fingerprint density at radius 1 is 1.00 bits per heavy atom. The lowest BCUT2D eigenvalue weighted by Crippen LogP contribution is -2.02. The van der Waals surface area contributed by atoms with E-state index in [1.807, 2.05) is 0 Å². The normalized spacial score (nSPS) is 11.3. The van der Waals surface area contributed by atoms with Gasteiger partial charge in [-0.15, -0.1) is 6.58 Å². The summed E-state index contributed by atoms with van der Waals surface area (Å²) in [7, 11) is 0. The van der Waals surface area contributed by atoms with E-state index >= 15 is 0 Å². The lowest BCUT2D eigenvalue weighted by atomic mass is 10.2. The summed E-state index contributed by atoms with van der Waals surface area (Å²) in [5, 5.41) is 2.57. The van der Waals surface area contributed by atoms with Gasteiger partial charge in [0.05, 0.1) is 17.6 Å². The van der Waals surface area contributed by atoms with Gasteiger partial charge in [-0.1, -0.05) is 6.08 Å². The van der Waals surface area contributed by atoms with Crippen molar-refractivity contribution < 1.29 is 4.74 Å². The number of rotatable bonds is 4. The molecule has 102 valence electrons. The highest BCUT2D eigenvalue weighted by Gasteiger charge is 2.11. The number of halogens is 2. The van der Waals surface area contributed by atoms with Crippen molar-refractivity contribution in [1.82, 2.24) is 4.57 Å². The molecule has 3 rings (SSSR count). The van der Waals surface area contributed by atoms with Gasteiger partial charge in [-0.05, 0) is 81.6 Å². The van der Waals surface area contributed by atoms with Gasteiger partial charge in [-0.3, -0.25) is 0 Å². The fourth-order valence-electron chi connectivity index (χ4n) is 2.41. The number of fused-ring (bicyclic) bond motifs is 3. The van der Waals surface area contributed by atoms with Crippen molar-refractivity contribution in [2.45, 2.75) is 6.73 Å². The van der Waals surface area contributed by atoms with Crippen LogP contribution in [0.5, 0.6) is 0 Å². The van der Waals surface area contributed by atoms with E-state index in [0.717, 1.165) is 0 Å². The molecule has 0 unspecified atom stereocenters. The van der Waals surface area contributed by atoms with E-state index < -0.39 is 0 Å². The molecule has 0 bridgehead atoms. The molecular weight excluding hydrogens is 476 g/mol. The number of hydrogen-bond acceptors (Lipinski definition) is 1. The third kappa shape index (κ3) is 2.60. The summed E-state index contributed by atoms with van der Waals surface area (Å²) in [5.41, 5.74) is 2.43. The van der Waals surface area contributed by atoms with Gasteiger partial charge < -0.3 is 9.30 Å². The van der Waals surface area contributed by atoms with E-state index in [4.69, 9.17) is 4.74 Å². The zero-order valence-electron chi connectivity index (χ0n) is 10.8. The van der Waals surface area contributed by atoms with Crippen LogP contribution >= 0.6 is 45.2 Å². The van der Waals surface area contributed by atoms with Crippen LogP contribution in [0.25, 0.3) is 21.8 Å². The van der Waals surface area contributed by atoms with Crippen molar-refractivity contribution in [3.8, 4) is 0 Å². The Morgan fingerprint density at radius 2 is 1.55 bits per heavy atom. The van der Waals surface area contributed by atoms with Crippen LogP contribution in [-0.4, -0.2) is 11.2 Å². The monoisotopic (exact) mass is 489 g/mol. The number of hydrogen-bond donors (Lipinski definition) is 0. The molecule has 0 amide bonds. The summed E-state index contributed by atoms with van der Waals surface area (Å²) in [6.07, 6.45) is 1.78. The van der Waals surface area contributed by atoms with Gasteiger partial charge in [0, 0.05) is 17.9 Å². The van der Waals surface area contributed by atoms with E-state index in [9.17, 15) is 0 Å². The molecule has 0 saturated carbocycles. The SMILES string of the molecule is C=CCOCn1c2ccc(I)cc2c2cc(I)ccc21. The quantitative estimate of drug-likeness (QED) is 0.281. The predicted octanol–water partition coefficient (Wildman–Crippen LogP) is 5.16. The van der Waals surface area contributed by atoms with Gasteiger partial charge in [-0.25, -0.2) is 0 Å². The molecule has 0 aliphatic heterocycles. The molecule has 2 aromatic carbocycles. The topological polar surface area (TPSA) is 14.2 Å². The van der Waals surface area contributed by atoms with Gasteiger partial charge in [0.2, 0.25) is 0 Å². The first-order chi connectivity index (χ1) is 9.70. The number of nitrogens with zero attached hydrogens (tertiary/aromatic N) is 1. The molecule has 0 atom stereocenters. The zero-order valence-corrected chi connectivity index (χ0v) is 15.1. The summed E-state index contributed by atoms with van der Waals surface area (Å²) >= 11 is 4.72. The van der Waals surface area contributed by atoms with E-state index in [1.54, 1.807) is 6.08 Å². The van der Waals surface area contributed by atoms with Gasteiger partial charge >= 0.3 is 0 Å². The largest absolute Gasteiger partial charge is 0.357 e. The Kier molecular flexibility index (Phi) is 4.32. The highest BCUT2D eigenvalue weighted by Crippen LogP contribution is 2.31. The van der Waals surface area contributed by atoms with Crippen LogP contribution in [0.1, 0.15) is 0 Å². The molecule has 2 nitrogen and oxygen atoms in total.